The Morgan fingerprint density at radius 3 is 2.08 bits per heavy atom. The first-order valence-corrected chi connectivity index (χ1v) is 3.29. The van der Waals surface area contributed by atoms with Crippen molar-refractivity contribution in [1.82, 2.24) is 4.90 Å². The summed E-state index contributed by atoms with van der Waals surface area (Å²) in [5.41, 5.74) is 4.73. The standard InChI is InChI=1S/C6H10N2O5/c1-8(6(7)13)3(5(11)12)2-4(9)10/h3H,2H2,1H3,(H2,7,13)(H,9,10)(H,11,12)/p-2. The molecule has 0 aromatic carbocycles. The van der Waals surface area contributed by atoms with Crippen molar-refractivity contribution in [3.05, 3.63) is 0 Å². The Labute approximate surface area is 73.7 Å². The third-order valence-electron chi connectivity index (χ3n) is 1.45. The number of aliphatic carboxylic acids is 2. The molecule has 0 saturated carbocycles. The molecule has 0 spiro atoms. The molecule has 0 heterocycles. The second kappa shape index (κ2) is 4.29. The molecule has 0 rings (SSSR count). The van der Waals surface area contributed by atoms with Crippen LogP contribution in [0.25, 0.3) is 0 Å². The molecule has 7 heteroatoms. The van der Waals surface area contributed by atoms with E-state index in [2.05, 4.69) is 0 Å². The van der Waals surface area contributed by atoms with E-state index in [1.54, 1.807) is 0 Å². The zero-order valence-electron chi connectivity index (χ0n) is 6.85. The Bertz CT molecular complexity index is 239. The van der Waals surface area contributed by atoms with Gasteiger partial charge in [0.15, 0.2) is 0 Å². The molecule has 0 aliphatic heterocycles. The number of carbonyl (C=O) groups excluding carboxylic acids is 3. The van der Waals surface area contributed by atoms with E-state index in [1.807, 2.05) is 0 Å². The third kappa shape index (κ3) is 3.41. The molecule has 13 heavy (non-hydrogen) atoms. The smallest absolute Gasteiger partial charge is 0.315 e. The van der Waals surface area contributed by atoms with Crippen LogP contribution < -0.4 is 15.9 Å². The Morgan fingerprint density at radius 1 is 1.38 bits per heavy atom. The van der Waals surface area contributed by atoms with E-state index in [0.717, 1.165) is 7.05 Å². The number of nitrogens with two attached hydrogens (primary N) is 1. The quantitative estimate of drug-likeness (QED) is 0.485. The molecule has 0 fully saturated rings. The van der Waals surface area contributed by atoms with E-state index in [-0.39, 0.29) is 0 Å². The van der Waals surface area contributed by atoms with E-state index in [1.165, 1.54) is 0 Å². The average molecular weight is 188 g/mol. The second-order valence-electron chi connectivity index (χ2n) is 2.36. The largest absolute Gasteiger partial charge is 0.550 e. The fourth-order valence-corrected chi connectivity index (χ4v) is 0.690. The Hall–Kier alpha value is -1.79. The van der Waals surface area contributed by atoms with E-state index in [4.69, 9.17) is 5.73 Å². The number of rotatable bonds is 4. The number of amides is 2. The van der Waals surface area contributed by atoms with Gasteiger partial charge in [-0.2, -0.15) is 0 Å². The molecule has 0 aliphatic rings. The molecular formula is C6H8N2O5-2. The highest BCUT2D eigenvalue weighted by Crippen LogP contribution is 1.99. The minimum absolute atomic E-state index is 0.561. The molecule has 2 amide bonds. The highest BCUT2D eigenvalue weighted by Gasteiger charge is 2.18. The van der Waals surface area contributed by atoms with Crippen molar-refractivity contribution in [2.24, 2.45) is 5.73 Å². The maximum absolute atomic E-state index is 10.5. The maximum Gasteiger partial charge on any atom is 0.315 e. The van der Waals surface area contributed by atoms with Crippen LogP contribution in [-0.4, -0.2) is 36.0 Å². The average Bonchev–Trinajstić information content (AvgIpc) is 1.97. The van der Waals surface area contributed by atoms with Crippen LogP contribution in [0.3, 0.4) is 0 Å². The van der Waals surface area contributed by atoms with E-state index in [9.17, 15) is 24.6 Å². The van der Waals surface area contributed by atoms with Crippen LogP contribution in [0.2, 0.25) is 0 Å². The van der Waals surface area contributed by atoms with Crippen LogP contribution in [0.15, 0.2) is 0 Å². The first-order valence-electron chi connectivity index (χ1n) is 3.29. The number of carbonyl (C=O) groups is 3. The minimum Gasteiger partial charge on any atom is -0.550 e. The highest BCUT2D eigenvalue weighted by atomic mass is 16.4. The summed E-state index contributed by atoms with van der Waals surface area (Å²) in [4.78, 5) is 31.4. The number of primary amides is 1. The summed E-state index contributed by atoms with van der Waals surface area (Å²) in [6, 6.07) is -2.64. The Morgan fingerprint density at radius 2 is 1.85 bits per heavy atom. The topological polar surface area (TPSA) is 127 Å². The predicted octanol–water partition coefficient (Wildman–Crippen LogP) is -3.74. The molecule has 1 unspecified atom stereocenters. The molecule has 2 N–H and O–H groups in total. The number of carboxylic acids is 2. The molecular weight excluding hydrogens is 180 g/mol. The third-order valence-corrected chi connectivity index (χ3v) is 1.45. The molecule has 7 nitrogen and oxygen atoms in total. The number of hydrogen-bond donors (Lipinski definition) is 1. The van der Waals surface area contributed by atoms with Crippen molar-refractivity contribution >= 4 is 18.0 Å². The van der Waals surface area contributed by atoms with Crippen molar-refractivity contribution in [2.75, 3.05) is 7.05 Å². The summed E-state index contributed by atoms with van der Waals surface area (Å²) in [6.45, 7) is 0. The SMILES string of the molecule is CN(C(N)=O)C(CC(=O)[O-])C(=O)[O-]. The fraction of sp³-hybridized carbons (Fsp3) is 0.500. The molecule has 0 bridgehead atoms. The zero-order chi connectivity index (χ0) is 10.6. The van der Waals surface area contributed by atoms with Crippen molar-refractivity contribution in [2.45, 2.75) is 12.5 Å². The van der Waals surface area contributed by atoms with Crippen molar-refractivity contribution < 1.29 is 24.6 Å². The molecule has 0 aliphatic carbocycles. The lowest BCUT2D eigenvalue weighted by atomic mass is 10.2. The summed E-state index contributed by atoms with van der Waals surface area (Å²) in [5.74, 6) is -3.28. The Balaban J connectivity index is 4.51. The summed E-state index contributed by atoms with van der Waals surface area (Å²) in [5, 5.41) is 20.4. The fourth-order valence-electron chi connectivity index (χ4n) is 0.690. The van der Waals surface area contributed by atoms with Gasteiger partial charge in [-0.25, -0.2) is 4.79 Å². The van der Waals surface area contributed by atoms with Gasteiger partial charge in [-0.05, 0) is 0 Å². The van der Waals surface area contributed by atoms with Gasteiger partial charge in [0, 0.05) is 19.4 Å². The number of urea groups is 1. The summed E-state index contributed by atoms with van der Waals surface area (Å²) in [6.07, 6.45) is -0.845. The lowest BCUT2D eigenvalue weighted by molar-refractivity contribution is -0.319. The lowest BCUT2D eigenvalue weighted by Crippen LogP contribution is -2.52. The Kier molecular flexibility index (Phi) is 3.70. The number of likely N-dealkylation sites (N-methyl/N-ethyl adjacent to an activating group) is 1. The van der Waals surface area contributed by atoms with E-state index >= 15 is 0 Å². The monoisotopic (exact) mass is 188 g/mol. The van der Waals surface area contributed by atoms with Gasteiger partial charge in [-0.1, -0.05) is 0 Å². The van der Waals surface area contributed by atoms with Crippen LogP contribution in [0, 0.1) is 0 Å². The van der Waals surface area contributed by atoms with Crippen LogP contribution >= 0.6 is 0 Å². The number of carboxylic acid groups (broad SMARTS) is 2. The lowest BCUT2D eigenvalue weighted by Gasteiger charge is -2.27. The van der Waals surface area contributed by atoms with Gasteiger partial charge in [0.1, 0.15) is 0 Å². The number of nitrogens with zero attached hydrogens (tertiary/aromatic N) is 1. The predicted molar refractivity (Wildman–Crippen MR) is 35.8 cm³/mol. The summed E-state index contributed by atoms with van der Waals surface area (Å²) < 4.78 is 0. The first kappa shape index (κ1) is 11.2. The van der Waals surface area contributed by atoms with Gasteiger partial charge >= 0.3 is 6.03 Å². The summed E-state index contributed by atoms with van der Waals surface area (Å²) in [7, 11) is 1.06. The molecule has 74 valence electrons. The molecule has 0 aromatic rings. The van der Waals surface area contributed by atoms with Gasteiger partial charge in [-0.3, -0.25) is 0 Å². The van der Waals surface area contributed by atoms with Crippen molar-refractivity contribution in [3.63, 3.8) is 0 Å². The van der Waals surface area contributed by atoms with E-state index < -0.39 is 30.4 Å². The highest BCUT2D eigenvalue weighted by molar-refractivity contribution is 5.84. The normalized spacial score (nSPS) is 11.8. The van der Waals surface area contributed by atoms with Crippen LogP contribution in [0.5, 0.6) is 0 Å². The minimum atomic E-state index is -1.69. The van der Waals surface area contributed by atoms with Gasteiger partial charge in [0.25, 0.3) is 0 Å². The first-order chi connectivity index (χ1) is 5.86. The molecule has 0 saturated heterocycles. The van der Waals surface area contributed by atoms with Gasteiger partial charge in [0.2, 0.25) is 0 Å². The number of hydrogen-bond acceptors (Lipinski definition) is 5. The maximum atomic E-state index is 10.5. The second-order valence-corrected chi connectivity index (χ2v) is 2.36. The zero-order valence-corrected chi connectivity index (χ0v) is 6.85. The van der Waals surface area contributed by atoms with E-state index in [0.29, 0.717) is 4.90 Å². The summed E-state index contributed by atoms with van der Waals surface area (Å²) >= 11 is 0. The van der Waals surface area contributed by atoms with Crippen LogP contribution in [-0.2, 0) is 9.59 Å². The molecule has 1 atom stereocenters. The molecule has 0 radical (unpaired) electrons. The van der Waals surface area contributed by atoms with Crippen molar-refractivity contribution in [1.29, 1.82) is 0 Å². The van der Waals surface area contributed by atoms with Gasteiger partial charge in [0.05, 0.1) is 12.0 Å². The van der Waals surface area contributed by atoms with Crippen molar-refractivity contribution in [3.8, 4) is 0 Å². The van der Waals surface area contributed by atoms with Crippen LogP contribution in [0.1, 0.15) is 6.42 Å². The van der Waals surface area contributed by atoms with Gasteiger partial charge < -0.3 is 30.4 Å². The van der Waals surface area contributed by atoms with Gasteiger partial charge in [-0.15, -0.1) is 0 Å². The van der Waals surface area contributed by atoms with Crippen LogP contribution in [0.4, 0.5) is 4.79 Å². The molecule has 0 aromatic heterocycles.